The molecule has 4 N–H and O–H groups in total. The predicted octanol–water partition coefficient (Wildman–Crippen LogP) is -2.56. The van der Waals surface area contributed by atoms with Crippen molar-refractivity contribution in [2.75, 3.05) is 19.6 Å². The maximum absolute atomic E-state index is 11.4. The summed E-state index contributed by atoms with van der Waals surface area (Å²) in [6, 6.07) is 0. The van der Waals surface area contributed by atoms with Crippen molar-refractivity contribution in [2.45, 2.75) is 6.42 Å². The zero-order valence-corrected chi connectivity index (χ0v) is 8.99. The maximum Gasteiger partial charge on any atom is 0.322 e. The molecule has 0 bridgehead atoms. The quantitative estimate of drug-likeness (QED) is 0.423. The molecule has 0 aliphatic carbocycles. The lowest BCUT2D eigenvalue weighted by molar-refractivity contribution is -0.137. The second-order valence-corrected chi connectivity index (χ2v) is 3.59. The second kappa shape index (κ2) is 5.83. The molecule has 0 radical (unpaired) electrons. The lowest BCUT2D eigenvalue weighted by Gasteiger charge is -2.08. The lowest BCUT2D eigenvalue weighted by Crippen LogP contribution is -2.41. The van der Waals surface area contributed by atoms with Gasteiger partial charge in [-0.15, -0.1) is 0 Å². The van der Waals surface area contributed by atoms with Gasteiger partial charge in [0.25, 0.3) is 0 Å². The molecular formula is C9H13N3O5. The highest BCUT2D eigenvalue weighted by Gasteiger charge is 2.27. The SMILES string of the molecule is O=C(O)CNC(=O)CNC(=O)C1CNC(=O)C1. The van der Waals surface area contributed by atoms with Crippen LogP contribution in [-0.2, 0) is 19.2 Å². The van der Waals surface area contributed by atoms with Crippen LogP contribution in [0.5, 0.6) is 0 Å². The van der Waals surface area contributed by atoms with Crippen LogP contribution in [0, 0.1) is 5.92 Å². The summed E-state index contributed by atoms with van der Waals surface area (Å²) in [6.07, 6.45) is 0.114. The first-order valence-corrected chi connectivity index (χ1v) is 5.02. The minimum atomic E-state index is -1.16. The van der Waals surface area contributed by atoms with Gasteiger partial charge in [-0.05, 0) is 0 Å². The summed E-state index contributed by atoms with van der Waals surface area (Å²) >= 11 is 0. The molecule has 1 unspecified atom stereocenters. The topological polar surface area (TPSA) is 125 Å². The Bertz CT molecular complexity index is 355. The Morgan fingerprint density at radius 2 is 2.00 bits per heavy atom. The zero-order chi connectivity index (χ0) is 12.8. The molecule has 0 spiro atoms. The summed E-state index contributed by atoms with van der Waals surface area (Å²) in [6.45, 7) is -0.517. The minimum Gasteiger partial charge on any atom is -0.480 e. The minimum absolute atomic E-state index is 0.114. The highest BCUT2D eigenvalue weighted by Crippen LogP contribution is 2.07. The van der Waals surface area contributed by atoms with Gasteiger partial charge in [0.2, 0.25) is 17.7 Å². The van der Waals surface area contributed by atoms with Gasteiger partial charge < -0.3 is 21.1 Å². The van der Waals surface area contributed by atoms with E-state index in [2.05, 4.69) is 16.0 Å². The lowest BCUT2D eigenvalue weighted by atomic mass is 10.1. The number of carbonyl (C=O) groups excluding carboxylic acids is 3. The average Bonchev–Trinajstić information content (AvgIpc) is 2.70. The molecule has 94 valence electrons. The summed E-state index contributed by atoms with van der Waals surface area (Å²) < 4.78 is 0. The largest absolute Gasteiger partial charge is 0.480 e. The van der Waals surface area contributed by atoms with Gasteiger partial charge in [0.1, 0.15) is 6.54 Å². The molecule has 0 aromatic heterocycles. The molecule has 1 heterocycles. The standard InChI is InChI=1S/C9H13N3O5/c13-6-1-5(2-10-6)9(17)12-3-7(14)11-4-8(15)16/h5H,1-4H2,(H,10,13)(H,11,14)(H,12,17)(H,15,16). The van der Waals surface area contributed by atoms with Crippen LogP contribution in [0.1, 0.15) is 6.42 Å². The highest BCUT2D eigenvalue weighted by molar-refractivity contribution is 5.91. The van der Waals surface area contributed by atoms with E-state index >= 15 is 0 Å². The number of aliphatic carboxylic acids is 1. The molecule has 1 atom stereocenters. The number of nitrogens with one attached hydrogen (secondary N) is 3. The van der Waals surface area contributed by atoms with E-state index in [9.17, 15) is 19.2 Å². The molecule has 8 heteroatoms. The smallest absolute Gasteiger partial charge is 0.322 e. The number of carbonyl (C=O) groups is 4. The molecule has 17 heavy (non-hydrogen) atoms. The average molecular weight is 243 g/mol. The fraction of sp³-hybridized carbons (Fsp3) is 0.556. The molecule has 1 saturated heterocycles. The van der Waals surface area contributed by atoms with Gasteiger partial charge in [0.15, 0.2) is 0 Å². The molecule has 8 nitrogen and oxygen atoms in total. The molecule has 1 rings (SSSR count). The number of carboxylic acids is 1. The van der Waals surface area contributed by atoms with Crippen LogP contribution >= 0.6 is 0 Å². The van der Waals surface area contributed by atoms with E-state index in [0.717, 1.165) is 0 Å². The Kier molecular flexibility index (Phi) is 4.44. The molecule has 0 aromatic carbocycles. The summed E-state index contributed by atoms with van der Waals surface area (Å²) in [5.41, 5.74) is 0. The molecule has 3 amide bonds. The van der Waals surface area contributed by atoms with Crippen LogP contribution in [0.4, 0.5) is 0 Å². The Labute approximate surface area is 96.7 Å². The van der Waals surface area contributed by atoms with Gasteiger partial charge in [-0.3, -0.25) is 19.2 Å². The van der Waals surface area contributed by atoms with Crippen molar-refractivity contribution >= 4 is 23.7 Å². The van der Waals surface area contributed by atoms with Crippen molar-refractivity contribution in [3.63, 3.8) is 0 Å². The Morgan fingerprint density at radius 1 is 1.29 bits per heavy atom. The van der Waals surface area contributed by atoms with E-state index in [1.807, 2.05) is 0 Å². The van der Waals surface area contributed by atoms with E-state index in [4.69, 9.17) is 5.11 Å². The van der Waals surface area contributed by atoms with Gasteiger partial charge in [-0.1, -0.05) is 0 Å². The first-order valence-electron chi connectivity index (χ1n) is 5.02. The number of hydrogen-bond donors (Lipinski definition) is 4. The van der Waals surface area contributed by atoms with Crippen molar-refractivity contribution in [2.24, 2.45) is 5.92 Å². The van der Waals surface area contributed by atoms with Gasteiger partial charge in [0, 0.05) is 13.0 Å². The maximum atomic E-state index is 11.4. The van der Waals surface area contributed by atoms with Gasteiger partial charge >= 0.3 is 5.97 Å². The third kappa shape index (κ3) is 4.49. The van der Waals surface area contributed by atoms with Crippen molar-refractivity contribution in [3.05, 3.63) is 0 Å². The van der Waals surface area contributed by atoms with Crippen LogP contribution in [0.25, 0.3) is 0 Å². The Morgan fingerprint density at radius 3 is 2.53 bits per heavy atom. The third-order valence-corrected chi connectivity index (χ3v) is 2.21. The Balaban J connectivity index is 2.21. The van der Waals surface area contributed by atoms with Crippen LogP contribution in [0.2, 0.25) is 0 Å². The van der Waals surface area contributed by atoms with Gasteiger partial charge in [-0.25, -0.2) is 0 Å². The Hall–Kier alpha value is -2.12. The highest BCUT2D eigenvalue weighted by atomic mass is 16.4. The summed E-state index contributed by atoms with van der Waals surface area (Å²) in [5, 5.41) is 15.2. The van der Waals surface area contributed by atoms with Gasteiger partial charge in [-0.2, -0.15) is 0 Å². The third-order valence-electron chi connectivity index (χ3n) is 2.21. The van der Waals surface area contributed by atoms with Crippen molar-refractivity contribution in [1.82, 2.24) is 16.0 Å². The molecular weight excluding hydrogens is 230 g/mol. The van der Waals surface area contributed by atoms with Crippen LogP contribution in [0.3, 0.4) is 0 Å². The van der Waals surface area contributed by atoms with E-state index < -0.39 is 30.2 Å². The van der Waals surface area contributed by atoms with Crippen LogP contribution < -0.4 is 16.0 Å². The first-order chi connectivity index (χ1) is 7.99. The van der Waals surface area contributed by atoms with E-state index in [1.54, 1.807) is 0 Å². The fourth-order valence-corrected chi connectivity index (χ4v) is 1.34. The van der Waals surface area contributed by atoms with Crippen molar-refractivity contribution in [3.8, 4) is 0 Å². The normalized spacial score (nSPS) is 18.4. The van der Waals surface area contributed by atoms with Crippen molar-refractivity contribution in [1.29, 1.82) is 0 Å². The summed E-state index contributed by atoms with van der Waals surface area (Å²) in [7, 11) is 0. The molecule has 1 aliphatic rings. The van der Waals surface area contributed by atoms with Crippen LogP contribution in [0.15, 0.2) is 0 Å². The molecule has 1 fully saturated rings. The van der Waals surface area contributed by atoms with E-state index in [1.165, 1.54) is 0 Å². The molecule has 1 aliphatic heterocycles. The number of hydrogen-bond acceptors (Lipinski definition) is 4. The summed E-state index contributed by atoms with van der Waals surface area (Å²) in [4.78, 5) is 43.5. The predicted molar refractivity (Wildman–Crippen MR) is 54.8 cm³/mol. The van der Waals surface area contributed by atoms with Crippen molar-refractivity contribution < 1.29 is 24.3 Å². The second-order valence-electron chi connectivity index (χ2n) is 3.59. The van der Waals surface area contributed by atoms with Gasteiger partial charge in [0.05, 0.1) is 12.5 Å². The number of amides is 3. The molecule has 0 aromatic rings. The number of carboxylic acid groups (broad SMARTS) is 1. The van der Waals surface area contributed by atoms with E-state index in [0.29, 0.717) is 0 Å². The first kappa shape index (κ1) is 12.9. The number of rotatable bonds is 5. The van der Waals surface area contributed by atoms with Crippen LogP contribution in [-0.4, -0.2) is 48.4 Å². The molecule has 0 saturated carbocycles. The fourth-order valence-electron chi connectivity index (χ4n) is 1.34. The van der Waals surface area contributed by atoms with E-state index in [-0.39, 0.29) is 25.4 Å². The summed E-state index contributed by atoms with van der Waals surface area (Å²) in [5.74, 6) is -2.79. The monoisotopic (exact) mass is 243 g/mol. The zero-order valence-electron chi connectivity index (χ0n) is 8.99.